The summed E-state index contributed by atoms with van der Waals surface area (Å²) in [5.74, 6) is 0.212. The van der Waals surface area contributed by atoms with Crippen LogP contribution < -0.4 is 0 Å². The van der Waals surface area contributed by atoms with Gasteiger partial charge in [-0.05, 0) is 42.7 Å². The first kappa shape index (κ1) is 17.5. The van der Waals surface area contributed by atoms with E-state index in [2.05, 4.69) is 17.1 Å². The minimum atomic E-state index is 0.212. The van der Waals surface area contributed by atoms with Crippen molar-refractivity contribution in [1.29, 1.82) is 0 Å². The summed E-state index contributed by atoms with van der Waals surface area (Å²) >= 11 is 0. The lowest BCUT2D eigenvalue weighted by atomic mass is 10.0. The number of fused-ring (bicyclic) bond motifs is 1. The maximum absolute atomic E-state index is 10.2. The van der Waals surface area contributed by atoms with E-state index in [-0.39, 0.29) is 5.75 Å². The molecule has 0 fully saturated rings. The predicted octanol–water partition coefficient (Wildman–Crippen LogP) is 5.42. The van der Waals surface area contributed by atoms with Crippen molar-refractivity contribution >= 4 is 11.0 Å². The van der Waals surface area contributed by atoms with Crippen LogP contribution in [0.5, 0.6) is 5.75 Å². The number of aromatic hydroxyl groups is 1. The van der Waals surface area contributed by atoms with Crippen LogP contribution in [-0.4, -0.2) is 20.1 Å². The average Bonchev–Trinajstić information content (AvgIpc) is 3.06. The Kier molecular flexibility index (Phi) is 6.04. The summed E-state index contributed by atoms with van der Waals surface area (Å²) in [5.41, 5.74) is 3.54. The Bertz CT molecular complexity index is 777. The predicted molar refractivity (Wildman–Crippen MR) is 102 cm³/mol. The van der Waals surface area contributed by atoms with E-state index < -0.39 is 0 Å². The fourth-order valence-corrected chi connectivity index (χ4v) is 3.14. The second-order valence-corrected chi connectivity index (χ2v) is 6.67. The number of unbranched alkanes of at least 4 members (excludes halogenated alkanes) is 6. The molecule has 2 aromatic carbocycles. The van der Waals surface area contributed by atoms with E-state index in [1.54, 1.807) is 6.07 Å². The minimum Gasteiger partial charge on any atom is -0.506 e. The number of aromatic nitrogens is 3. The second-order valence-electron chi connectivity index (χ2n) is 6.67. The van der Waals surface area contributed by atoms with Gasteiger partial charge in [-0.3, -0.25) is 0 Å². The van der Waals surface area contributed by atoms with Crippen LogP contribution in [-0.2, 0) is 6.42 Å². The Morgan fingerprint density at radius 1 is 0.840 bits per heavy atom. The van der Waals surface area contributed by atoms with Crippen LogP contribution >= 0.6 is 0 Å². The molecule has 0 aliphatic carbocycles. The van der Waals surface area contributed by atoms with Crippen molar-refractivity contribution in [2.75, 3.05) is 0 Å². The number of nitrogens with zero attached hydrogens (tertiary/aromatic N) is 3. The zero-order valence-corrected chi connectivity index (χ0v) is 15.0. The van der Waals surface area contributed by atoms with Crippen LogP contribution in [0.3, 0.4) is 0 Å². The first-order chi connectivity index (χ1) is 12.3. The van der Waals surface area contributed by atoms with Gasteiger partial charge in [0.15, 0.2) is 0 Å². The Morgan fingerprint density at radius 2 is 1.48 bits per heavy atom. The molecule has 0 amide bonds. The van der Waals surface area contributed by atoms with Gasteiger partial charge in [0.25, 0.3) is 0 Å². The molecule has 0 saturated carbocycles. The Labute approximate surface area is 149 Å². The van der Waals surface area contributed by atoms with Crippen molar-refractivity contribution in [3.8, 4) is 11.4 Å². The maximum atomic E-state index is 10.2. The van der Waals surface area contributed by atoms with E-state index >= 15 is 0 Å². The third kappa shape index (κ3) is 4.59. The summed E-state index contributed by atoms with van der Waals surface area (Å²) in [6.07, 6.45) is 10.2. The summed E-state index contributed by atoms with van der Waals surface area (Å²) in [5, 5.41) is 19.1. The number of rotatable bonds is 9. The first-order valence-corrected chi connectivity index (χ1v) is 9.42. The molecule has 0 unspecified atom stereocenters. The number of aryl methyl sites for hydroxylation is 1. The fourth-order valence-electron chi connectivity index (χ4n) is 3.14. The van der Waals surface area contributed by atoms with Gasteiger partial charge in [0.2, 0.25) is 0 Å². The van der Waals surface area contributed by atoms with Crippen LogP contribution in [0.15, 0.2) is 42.5 Å². The van der Waals surface area contributed by atoms with Gasteiger partial charge in [0, 0.05) is 0 Å². The summed E-state index contributed by atoms with van der Waals surface area (Å²) in [7, 11) is 0. The van der Waals surface area contributed by atoms with Crippen LogP contribution in [0, 0.1) is 0 Å². The lowest BCUT2D eigenvalue weighted by molar-refractivity contribution is 0.467. The molecule has 3 rings (SSSR count). The first-order valence-electron chi connectivity index (χ1n) is 9.42. The van der Waals surface area contributed by atoms with Crippen molar-refractivity contribution in [3.05, 3.63) is 48.0 Å². The summed E-state index contributed by atoms with van der Waals surface area (Å²) in [6, 6.07) is 13.5. The monoisotopic (exact) mass is 337 g/mol. The van der Waals surface area contributed by atoms with E-state index in [1.165, 1.54) is 55.3 Å². The van der Waals surface area contributed by atoms with Gasteiger partial charge in [-0.25, -0.2) is 0 Å². The molecule has 132 valence electrons. The molecule has 1 heterocycles. The Balaban J connectivity index is 1.62. The molecule has 3 aromatic rings. The number of hydrogen-bond acceptors (Lipinski definition) is 3. The van der Waals surface area contributed by atoms with E-state index in [1.807, 2.05) is 36.4 Å². The molecule has 1 N–H and O–H groups in total. The standard InChI is InChI=1S/C21H27N3O/c1-2-3-4-5-6-7-8-11-17-14-15-21(25)20(16-17)24-22-18-12-9-10-13-19(18)23-24/h9-10,12-16,25H,2-8,11H2,1H3. The van der Waals surface area contributed by atoms with Gasteiger partial charge < -0.3 is 5.11 Å². The number of phenols is 1. The number of hydrogen-bond donors (Lipinski definition) is 1. The van der Waals surface area contributed by atoms with Crippen LogP contribution in [0.4, 0.5) is 0 Å². The lowest BCUT2D eigenvalue weighted by Gasteiger charge is -2.07. The zero-order valence-electron chi connectivity index (χ0n) is 15.0. The molecule has 0 atom stereocenters. The van der Waals surface area contributed by atoms with Crippen LogP contribution in [0.1, 0.15) is 57.4 Å². The molecule has 0 saturated heterocycles. The van der Waals surface area contributed by atoms with Crippen LogP contribution in [0.25, 0.3) is 16.7 Å². The topological polar surface area (TPSA) is 50.9 Å². The number of benzene rings is 2. The summed E-state index contributed by atoms with van der Waals surface area (Å²) in [6.45, 7) is 2.25. The van der Waals surface area contributed by atoms with Gasteiger partial charge in [-0.2, -0.15) is 0 Å². The van der Waals surface area contributed by atoms with Gasteiger partial charge >= 0.3 is 0 Å². The highest BCUT2D eigenvalue weighted by Gasteiger charge is 2.09. The molecule has 0 aliphatic heterocycles. The van der Waals surface area contributed by atoms with Gasteiger partial charge in [-0.1, -0.05) is 63.6 Å². The Morgan fingerprint density at radius 3 is 2.16 bits per heavy atom. The van der Waals surface area contributed by atoms with E-state index in [4.69, 9.17) is 0 Å². The molecular weight excluding hydrogens is 310 g/mol. The zero-order chi connectivity index (χ0) is 17.5. The normalized spacial score (nSPS) is 11.2. The molecule has 4 nitrogen and oxygen atoms in total. The van der Waals surface area contributed by atoms with E-state index in [9.17, 15) is 5.11 Å². The SMILES string of the molecule is CCCCCCCCCc1ccc(O)c(-n2nc3ccccc3n2)c1. The molecule has 0 radical (unpaired) electrons. The lowest BCUT2D eigenvalue weighted by Crippen LogP contribution is -2.00. The van der Waals surface area contributed by atoms with Crippen molar-refractivity contribution in [1.82, 2.24) is 15.0 Å². The molecule has 0 bridgehead atoms. The third-order valence-corrected chi connectivity index (χ3v) is 4.61. The molecule has 0 spiro atoms. The Hall–Kier alpha value is -2.36. The minimum absolute atomic E-state index is 0.212. The van der Waals surface area contributed by atoms with E-state index in [0.29, 0.717) is 5.69 Å². The summed E-state index contributed by atoms with van der Waals surface area (Å²) in [4.78, 5) is 1.54. The highest BCUT2D eigenvalue weighted by atomic mass is 16.3. The molecule has 25 heavy (non-hydrogen) atoms. The summed E-state index contributed by atoms with van der Waals surface area (Å²) < 4.78 is 0. The highest BCUT2D eigenvalue weighted by Crippen LogP contribution is 2.24. The van der Waals surface area contributed by atoms with Crippen molar-refractivity contribution in [2.24, 2.45) is 0 Å². The van der Waals surface area contributed by atoms with Gasteiger partial charge in [0.05, 0.1) is 0 Å². The van der Waals surface area contributed by atoms with Gasteiger partial charge in [-0.15, -0.1) is 15.0 Å². The van der Waals surface area contributed by atoms with Crippen LogP contribution in [0.2, 0.25) is 0 Å². The largest absolute Gasteiger partial charge is 0.506 e. The highest BCUT2D eigenvalue weighted by molar-refractivity contribution is 5.73. The third-order valence-electron chi connectivity index (χ3n) is 4.61. The maximum Gasteiger partial charge on any atom is 0.143 e. The second kappa shape index (κ2) is 8.65. The fraction of sp³-hybridized carbons (Fsp3) is 0.429. The van der Waals surface area contributed by atoms with Crippen molar-refractivity contribution < 1.29 is 5.11 Å². The molecular formula is C21H27N3O. The quantitative estimate of drug-likeness (QED) is 0.530. The smallest absolute Gasteiger partial charge is 0.143 e. The number of phenolic OH excluding ortho intramolecular Hbond substituents is 1. The molecule has 0 aliphatic rings. The van der Waals surface area contributed by atoms with Gasteiger partial charge in [0.1, 0.15) is 22.5 Å². The average molecular weight is 337 g/mol. The molecule has 4 heteroatoms. The molecule has 1 aromatic heterocycles. The van der Waals surface area contributed by atoms with Crippen molar-refractivity contribution in [3.63, 3.8) is 0 Å². The van der Waals surface area contributed by atoms with E-state index in [0.717, 1.165) is 17.5 Å². The van der Waals surface area contributed by atoms with Crippen molar-refractivity contribution in [2.45, 2.75) is 58.3 Å².